The second-order valence-corrected chi connectivity index (χ2v) is 7.97. The summed E-state index contributed by atoms with van der Waals surface area (Å²) in [6, 6.07) is 0. The highest BCUT2D eigenvalue weighted by molar-refractivity contribution is 5.88. The van der Waals surface area contributed by atoms with Crippen LogP contribution in [0.4, 0.5) is 0 Å². The fraction of sp³-hybridized carbons (Fsp3) is 0.667. The van der Waals surface area contributed by atoms with Crippen LogP contribution in [-0.2, 0) is 23.8 Å². The molecule has 0 saturated heterocycles. The van der Waals surface area contributed by atoms with E-state index in [1.54, 1.807) is 0 Å². The van der Waals surface area contributed by atoms with Crippen LogP contribution in [0.25, 0.3) is 0 Å². The van der Waals surface area contributed by atoms with Crippen LogP contribution in [0.1, 0.15) is 41.5 Å². The van der Waals surface area contributed by atoms with E-state index in [0.717, 1.165) is 0 Å². The van der Waals surface area contributed by atoms with Crippen LogP contribution in [-0.4, -0.2) is 38.4 Å². The molecule has 0 unspecified atom stereocenters. The number of carbonyl (C=O) groups excluding carboxylic acids is 2. The summed E-state index contributed by atoms with van der Waals surface area (Å²) in [5, 5.41) is 0. The van der Waals surface area contributed by atoms with E-state index in [-0.39, 0.29) is 35.2 Å². The summed E-state index contributed by atoms with van der Waals surface area (Å²) in [5.41, 5.74) is 0.180. The van der Waals surface area contributed by atoms with Crippen LogP contribution < -0.4 is 0 Å². The predicted octanol–water partition coefficient (Wildman–Crippen LogP) is 3.29. The van der Waals surface area contributed by atoms with Crippen LogP contribution in [0, 0.1) is 10.8 Å². The zero-order valence-corrected chi connectivity index (χ0v) is 15.3. The Hall–Kier alpha value is -1.62. The first-order valence-corrected chi connectivity index (χ1v) is 7.59. The minimum absolute atomic E-state index is 0.0193. The third-order valence-corrected chi connectivity index (χ3v) is 2.40. The Bertz CT molecular complexity index is 407. The highest BCUT2D eigenvalue weighted by Crippen LogP contribution is 2.15. The number of hydrogen-bond donors (Lipinski definition) is 0. The Kier molecular flexibility index (Phi) is 8.24. The fourth-order valence-electron chi connectivity index (χ4n) is 1.18. The Balaban J connectivity index is 4.05. The van der Waals surface area contributed by atoms with Crippen molar-refractivity contribution in [2.24, 2.45) is 10.8 Å². The first-order valence-electron chi connectivity index (χ1n) is 7.59. The monoisotopic (exact) mass is 326 g/mol. The molecule has 0 spiro atoms. The molecule has 0 fully saturated rings. The Morgan fingerprint density at radius 2 is 1.04 bits per heavy atom. The highest BCUT2D eigenvalue weighted by Gasteiger charge is 2.18. The van der Waals surface area contributed by atoms with Gasteiger partial charge in [-0.05, 0) is 10.8 Å². The minimum atomic E-state index is -0.499. The van der Waals surface area contributed by atoms with E-state index >= 15 is 0 Å². The van der Waals surface area contributed by atoms with Crippen LogP contribution in [0.2, 0.25) is 0 Å². The topological polar surface area (TPSA) is 61.8 Å². The van der Waals surface area contributed by atoms with Gasteiger partial charge in [-0.2, -0.15) is 0 Å². The standard InChI is InChI=1S/C18H30O5/c1-13(15(19)22-11-17(3,4)5)9-21-10-14(2)16(20)23-12-18(6,7)8/h1-2,9-12H2,3-8H3. The lowest BCUT2D eigenvalue weighted by Gasteiger charge is -2.19. The lowest BCUT2D eigenvalue weighted by atomic mass is 9.99. The van der Waals surface area contributed by atoms with E-state index < -0.39 is 11.9 Å². The van der Waals surface area contributed by atoms with Gasteiger partial charge in [0, 0.05) is 0 Å². The van der Waals surface area contributed by atoms with Gasteiger partial charge in [-0.1, -0.05) is 54.7 Å². The van der Waals surface area contributed by atoms with E-state index in [1.807, 2.05) is 41.5 Å². The molecule has 23 heavy (non-hydrogen) atoms. The molecule has 0 bridgehead atoms. The molecule has 0 aromatic rings. The van der Waals surface area contributed by atoms with Crippen LogP contribution in [0.3, 0.4) is 0 Å². The number of esters is 2. The molecular formula is C18H30O5. The van der Waals surface area contributed by atoms with E-state index in [9.17, 15) is 9.59 Å². The maximum atomic E-state index is 11.7. The van der Waals surface area contributed by atoms with Gasteiger partial charge in [0.15, 0.2) is 0 Å². The van der Waals surface area contributed by atoms with Gasteiger partial charge in [-0.3, -0.25) is 0 Å². The maximum absolute atomic E-state index is 11.7. The molecule has 5 nitrogen and oxygen atoms in total. The van der Waals surface area contributed by atoms with E-state index in [0.29, 0.717) is 13.2 Å². The molecule has 5 heteroatoms. The average molecular weight is 326 g/mol. The number of ether oxygens (including phenoxy) is 3. The van der Waals surface area contributed by atoms with Gasteiger partial charge in [0.25, 0.3) is 0 Å². The molecule has 132 valence electrons. The zero-order chi connectivity index (χ0) is 18.3. The maximum Gasteiger partial charge on any atom is 0.335 e. The Morgan fingerprint density at radius 1 is 0.739 bits per heavy atom. The molecular weight excluding hydrogens is 296 g/mol. The number of rotatable bonds is 8. The molecule has 0 radical (unpaired) electrons. The van der Waals surface area contributed by atoms with E-state index in [1.165, 1.54) is 0 Å². The first-order chi connectivity index (χ1) is 10.3. The normalized spacial score (nSPS) is 11.7. The molecule has 0 aliphatic carbocycles. The van der Waals surface area contributed by atoms with Gasteiger partial charge >= 0.3 is 11.9 Å². The molecule has 0 aliphatic rings. The molecule has 0 aliphatic heterocycles. The summed E-state index contributed by atoms with van der Waals surface area (Å²) < 4.78 is 15.5. The quantitative estimate of drug-likeness (QED) is 0.506. The van der Waals surface area contributed by atoms with Crippen LogP contribution in [0.15, 0.2) is 24.3 Å². The van der Waals surface area contributed by atoms with Crippen LogP contribution >= 0.6 is 0 Å². The Morgan fingerprint density at radius 3 is 1.30 bits per heavy atom. The molecule has 0 heterocycles. The fourth-order valence-corrected chi connectivity index (χ4v) is 1.18. The van der Waals surface area contributed by atoms with Gasteiger partial charge in [-0.15, -0.1) is 0 Å². The van der Waals surface area contributed by atoms with Crippen molar-refractivity contribution >= 4 is 11.9 Å². The van der Waals surface area contributed by atoms with Gasteiger partial charge in [-0.25, -0.2) is 9.59 Å². The van der Waals surface area contributed by atoms with Gasteiger partial charge in [0.05, 0.1) is 37.6 Å². The molecule has 0 aromatic carbocycles. The highest BCUT2D eigenvalue weighted by atomic mass is 16.5. The van der Waals surface area contributed by atoms with Crippen molar-refractivity contribution in [1.82, 2.24) is 0 Å². The van der Waals surface area contributed by atoms with Crippen molar-refractivity contribution in [2.75, 3.05) is 26.4 Å². The van der Waals surface area contributed by atoms with E-state index in [4.69, 9.17) is 14.2 Å². The lowest BCUT2D eigenvalue weighted by molar-refractivity contribution is -0.142. The third-order valence-electron chi connectivity index (χ3n) is 2.40. The number of carbonyl (C=O) groups is 2. The summed E-state index contributed by atoms with van der Waals surface area (Å²) in [5.74, 6) is -0.998. The summed E-state index contributed by atoms with van der Waals surface area (Å²) in [6.45, 7) is 19.6. The van der Waals surface area contributed by atoms with Crippen molar-refractivity contribution < 1.29 is 23.8 Å². The van der Waals surface area contributed by atoms with Crippen molar-refractivity contribution in [1.29, 1.82) is 0 Å². The molecule has 0 rings (SSSR count). The van der Waals surface area contributed by atoms with Crippen molar-refractivity contribution in [2.45, 2.75) is 41.5 Å². The smallest absolute Gasteiger partial charge is 0.335 e. The second kappa shape index (κ2) is 8.87. The first kappa shape index (κ1) is 21.4. The van der Waals surface area contributed by atoms with Crippen LogP contribution in [0.5, 0.6) is 0 Å². The zero-order valence-electron chi connectivity index (χ0n) is 15.3. The molecule has 0 saturated carbocycles. The minimum Gasteiger partial charge on any atom is -0.462 e. The summed E-state index contributed by atoms with van der Waals surface area (Å²) >= 11 is 0. The number of hydrogen-bond acceptors (Lipinski definition) is 5. The molecule has 0 aromatic heterocycles. The lowest BCUT2D eigenvalue weighted by Crippen LogP contribution is -2.22. The molecule has 0 amide bonds. The van der Waals surface area contributed by atoms with Crippen molar-refractivity contribution in [3.8, 4) is 0 Å². The van der Waals surface area contributed by atoms with Crippen molar-refractivity contribution in [3.05, 3.63) is 24.3 Å². The summed E-state index contributed by atoms with van der Waals surface area (Å²) in [4.78, 5) is 23.4. The second-order valence-electron chi connectivity index (χ2n) is 7.97. The average Bonchev–Trinajstić information content (AvgIpc) is 2.40. The van der Waals surface area contributed by atoms with Gasteiger partial charge in [0.1, 0.15) is 0 Å². The Labute approximate surface area is 139 Å². The van der Waals surface area contributed by atoms with Crippen molar-refractivity contribution in [3.63, 3.8) is 0 Å². The molecule has 0 N–H and O–H groups in total. The van der Waals surface area contributed by atoms with Gasteiger partial charge in [0.2, 0.25) is 0 Å². The predicted molar refractivity (Wildman–Crippen MR) is 89.9 cm³/mol. The summed E-state index contributed by atoms with van der Waals surface area (Å²) in [6.07, 6.45) is 0. The SMILES string of the molecule is C=C(COCC(=C)C(=O)OCC(C)(C)C)C(=O)OCC(C)(C)C. The largest absolute Gasteiger partial charge is 0.462 e. The van der Waals surface area contributed by atoms with Gasteiger partial charge < -0.3 is 14.2 Å². The molecule has 0 atom stereocenters. The van der Waals surface area contributed by atoms with E-state index in [2.05, 4.69) is 13.2 Å². The third kappa shape index (κ3) is 11.6. The summed E-state index contributed by atoms with van der Waals surface area (Å²) in [7, 11) is 0.